The summed E-state index contributed by atoms with van der Waals surface area (Å²) in [5, 5.41) is 15.7. The highest BCUT2D eigenvalue weighted by Crippen LogP contribution is 2.16. The Labute approximate surface area is 138 Å². The largest absolute Gasteiger partial charge is 0.319 e. The van der Waals surface area contributed by atoms with E-state index in [4.69, 9.17) is 5.26 Å². The van der Waals surface area contributed by atoms with E-state index in [9.17, 15) is 4.79 Å². The summed E-state index contributed by atoms with van der Waals surface area (Å²) in [5.74, 6) is 0.267. The van der Waals surface area contributed by atoms with Gasteiger partial charge in [-0.1, -0.05) is 12.1 Å². The van der Waals surface area contributed by atoms with E-state index in [1.54, 1.807) is 71.8 Å². The predicted molar refractivity (Wildman–Crippen MR) is 90.2 cm³/mol. The Morgan fingerprint density at radius 1 is 1.17 bits per heavy atom. The number of hydrogen-bond acceptors (Lipinski definition) is 4. The van der Waals surface area contributed by atoms with Crippen LogP contribution in [0.2, 0.25) is 0 Å². The predicted octanol–water partition coefficient (Wildman–Crippen LogP) is 2.79. The molecule has 6 heteroatoms. The number of amides is 1. The van der Waals surface area contributed by atoms with Crippen molar-refractivity contribution in [3.8, 4) is 11.9 Å². The molecule has 6 nitrogen and oxygen atoms in total. The van der Waals surface area contributed by atoms with E-state index in [0.717, 1.165) is 5.56 Å². The van der Waals surface area contributed by atoms with Crippen molar-refractivity contribution in [2.24, 2.45) is 0 Å². The standard InChI is InChI=1S/C18H13N5O/c19-13-15-6-4-14(5-7-15)8-9-17(24)22-16-3-1-10-20-18(16)23-12-2-11-21-23/h1-12H,(H,22,24). The zero-order valence-corrected chi connectivity index (χ0v) is 12.6. The highest BCUT2D eigenvalue weighted by Gasteiger charge is 2.07. The molecular formula is C18H13N5O. The smallest absolute Gasteiger partial charge is 0.248 e. The van der Waals surface area contributed by atoms with Crippen LogP contribution in [0.1, 0.15) is 11.1 Å². The molecule has 0 saturated carbocycles. The zero-order valence-electron chi connectivity index (χ0n) is 12.6. The average molecular weight is 315 g/mol. The van der Waals surface area contributed by atoms with Gasteiger partial charge in [0, 0.05) is 24.7 Å². The van der Waals surface area contributed by atoms with Crippen LogP contribution in [-0.4, -0.2) is 20.7 Å². The van der Waals surface area contributed by atoms with Crippen molar-refractivity contribution in [3.63, 3.8) is 0 Å². The fourth-order valence-corrected chi connectivity index (χ4v) is 2.09. The molecular weight excluding hydrogens is 302 g/mol. The van der Waals surface area contributed by atoms with Gasteiger partial charge >= 0.3 is 0 Å². The summed E-state index contributed by atoms with van der Waals surface area (Å²) in [6.45, 7) is 0. The number of carbonyl (C=O) groups is 1. The van der Waals surface area contributed by atoms with Gasteiger partial charge in [0.1, 0.15) is 0 Å². The summed E-state index contributed by atoms with van der Waals surface area (Å²) in [6.07, 6.45) is 8.15. The third kappa shape index (κ3) is 3.54. The third-order valence-electron chi connectivity index (χ3n) is 3.23. The maximum atomic E-state index is 12.1. The molecule has 2 heterocycles. The number of hydrogen-bond donors (Lipinski definition) is 1. The molecule has 1 N–H and O–H groups in total. The first-order valence-corrected chi connectivity index (χ1v) is 7.20. The summed E-state index contributed by atoms with van der Waals surface area (Å²) < 4.78 is 1.58. The summed E-state index contributed by atoms with van der Waals surface area (Å²) in [4.78, 5) is 16.4. The average Bonchev–Trinajstić information content (AvgIpc) is 3.15. The van der Waals surface area contributed by atoms with Crippen molar-refractivity contribution in [1.29, 1.82) is 5.26 Å². The lowest BCUT2D eigenvalue weighted by Crippen LogP contribution is -2.11. The van der Waals surface area contributed by atoms with Gasteiger partial charge in [-0.15, -0.1) is 0 Å². The van der Waals surface area contributed by atoms with Gasteiger partial charge in [-0.3, -0.25) is 4.79 Å². The van der Waals surface area contributed by atoms with Gasteiger partial charge in [0.2, 0.25) is 5.91 Å². The van der Waals surface area contributed by atoms with Gasteiger partial charge in [0.05, 0.1) is 17.3 Å². The molecule has 0 aliphatic heterocycles. The van der Waals surface area contributed by atoms with Crippen molar-refractivity contribution in [1.82, 2.24) is 14.8 Å². The lowest BCUT2D eigenvalue weighted by atomic mass is 10.1. The van der Waals surface area contributed by atoms with Gasteiger partial charge in [-0.25, -0.2) is 9.67 Å². The first kappa shape index (κ1) is 15.2. The fraction of sp³-hybridized carbons (Fsp3) is 0. The Hall–Kier alpha value is -3.72. The van der Waals surface area contributed by atoms with Gasteiger partial charge in [-0.05, 0) is 42.0 Å². The summed E-state index contributed by atoms with van der Waals surface area (Å²) in [5.41, 5.74) is 1.98. The molecule has 0 radical (unpaired) electrons. The van der Waals surface area contributed by atoms with Crippen LogP contribution in [0.4, 0.5) is 5.69 Å². The zero-order chi connectivity index (χ0) is 16.8. The highest BCUT2D eigenvalue weighted by atomic mass is 16.1. The molecule has 2 aromatic heterocycles. The minimum absolute atomic E-state index is 0.277. The number of rotatable bonds is 4. The molecule has 116 valence electrons. The molecule has 0 atom stereocenters. The van der Waals surface area contributed by atoms with Crippen LogP contribution in [0.15, 0.2) is 67.1 Å². The van der Waals surface area contributed by atoms with Gasteiger partial charge < -0.3 is 5.32 Å². The maximum absolute atomic E-state index is 12.1. The molecule has 3 aromatic rings. The van der Waals surface area contributed by atoms with E-state index in [0.29, 0.717) is 17.1 Å². The number of aromatic nitrogens is 3. The van der Waals surface area contributed by atoms with Crippen molar-refractivity contribution in [3.05, 3.63) is 78.3 Å². The minimum Gasteiger partial charge on any atom is -0.319 e. The summed E-state index contributed by atoms with van der Waals surface area (Å²) in [7, 11) is 0. The lowest BCUT2D eigenvalue weighted by Gasteiger charge is -2.08. The van der Waals surface area contributed by atoms with E-state index in [-0.39, 0.29) is 5.91 Å². The number of nitriles is 1. The Morgan fingerprint density at radius 3 is 2.71 bits per heavy atom. The van der Waals surface area contributed by atoms with Crippen LogP contribution in [0, 0.1) is 11.3 Å². The maximum Gasteiger partial charge on any atom is 0.248 e. The van der Waals surface area contributed by atoms with Crippen molar-refractivity contribution >= 4 is 17.7 Å². The van der Waals surface area contributed by atoms with E-state index < -0.39 is 0 Å². The van der Waals surface area contributed by atoms with Crippen LogP contribution in [0.25, 0.3) is 11.9 Å². The van der Waals surface area contributed by atoms with Crippen molar-refractivity contribution in [2.75, 3.05) is 5.32 Å². The van der Waals surface area contributed by atoms with E-state index >= 15 is 0 Å². The quantitative estimate of drug-likeness (QED) is 0.750. The molecule has 0 fully saturated rings. The molecule has 0 aliphatic rings. The molecule has 0 saturated heterocycles. The van der Waals surface area contributed by atoms with E-state index in [1.165, 1.54) is 6.08 Å². The third-order valence-corrected chi connectivity index (χ3v) is 3.23. The first-order chi connectivity index (χ1) is 11.8. The van der Waals surface area contributed by atoms with Crippen LogP contribution in [0.5, 0.6) is 0 Å². The number of benzene rings is 1. The lowest BCUT2D eigenvalue weighted by molar-refractivity contribution is -0.111. The number of nitrogens with zero attached hydrogens (tertiary/aromatic N) is 4. The summed E-state index contributed by atoms with van der Waals surface area (Å²) >= 11 is 0. The Kier molecular flexibility index (Phi) is 4.45. The van der Waals surface area contributed by atoms with E-state index in [1.807, 2.05) is 0 Å². The molecule has 3 rings (SSSR count). The van der Waals surface area contributed by atoms with Crippen molar-refractivity contribution < 1.29 is 4.79 Å². The van der Waals surface area contributed by atoms with E-state index in [2.05, 4.69) is 21.5 Å². The van der Waals surface area contributed by atoms with Gasteiger partial charge in [-0.2, -0.15) is 10.4 Å². The molecule has 0 bridgehead atoms. The van der Waals surface area contributed by atoms with Crippen LogP contribution < -0.4 is 5.32 Å². The van der Waals surface area contributed by atoms with Gasteiger partial charge in [0.25, 0.3) is 0 Å². The van der Waals surface area contributed by atoms with Crippen LogP contribution >= 0.6 is 0 Å². The second-order valence-electron chi connectivity index (χ2n) is 4.88. The topological polar surface area (TPSA) is 83.6 Å². The second kappa shape index (κ2) is 7.03. The monoisotopic (exact) mass is 315 g/mol. The number of pyridine rings is 1. The SMILES string of the molecule is N#Cc1ccc(C=CC(=O)Nc2cccnc2-n2cccn2)cc1. The Morgan fingerprint density at radius 2 is 2.00 bits per heavy atom. The number of nitrogens with one attached hydrogen (secondary N) is 1. The minimum atomic E-state index is -0.277. The molecule has 1 aromatic carbocycles. The summed E-state index contributed by atoms with van der Waals surface area (Å²) in [6, 6.07) is 14.3. The van der Waals surface area contributed by atoms with Crippen LogP contribution in [0.3, 0.4) is 0 Å². The number of carbonyl (C=O) groups excluding carboxylic acids is 1. The Balaban J connectivity index is 1.73. The fourth-order valence-electron chi connectivity index (χ4n) is 2.09. The molecule has 0 aliphatic carbocycles. The highest BCUT2D eigenvalue weighted by molar-refractivity contribution is 6.02. The molecule has 0 spiro atoms. The molecule has 24 heavy (non-hydrogen) atoms. The number of anilines is 1. The van der Waals surface area contributed by atoms with Crippen molar-refractivity contribution in [2.45, 2.75) is 0 Å². The molecule has 0 unspecified atom stereocenters. The van der Waals surface area contributed by atoms with Crippen LogP contribution in [-0.2, 0) is 4.79 Å². The first-order valence-electron chi connectivity index (χ1n) is 7.20. The Bertz CT molecular complexity index is 905. The normalized spacial score (nSPS) is 10.5. The van der Waals surface area contributed by atoms with Gasteiger partial charge in [0.15, 0.2) is 5.82 Å². The second-order valence-corrected chi connectivity index (χ2v) is 4.88. The molecule has 1 amide bonds.